The van der Waals surface area contributed by atoms with Gasteiger partial charge in [0.15, 0.2) is 0 Å². The average Bonchev–Trinajstić information content (AvgIpc) is 2.45. The number of hydrogen-bond acceptors (Lipinski definition) is 2. The lowest BCUT2D eigenvalue weighted by Crippen LogP contribution is -2.46. The van der Waals surface area contributed by atoms with Gasteiger partial charge in [0.1, 0.15) is 0 Å². The van der Waals surface area contributed by atoms with Crippen molar-refractivity contribution in [3.63, 3.8) is 0 Å². The van der Waals surface area contributed by atoms with Gasteiger partial charge >= 0.3 is 0 Å². The lowest BCUT2D eigenvalue weighted by atomic mass is 9.97. The molecule has 0 fully saturated rings. The van der Waals surface area contributed by atoms with Gasteiger partial charge in [0.05, 0.1) is 10.6 Å². The molecule has 0 saturated carbocycles. The van der Waals surface area contributed by atoms with Crippen molar-refractivity contribution in [1.82, 2.24) is 0 Å². The lowest BCUT2D eigenvalue weighted by molar-refractivity contribution is 0.0983. The number of fused-ring (bicyclic) bond motifs is 1. The van der Waals surface area contributed by atoms with Gasteiger partial charge in [0.25, 0.3) is 5.91 Å². The molecule has 0 spiro atoms. The highest BCUT2D eigenvalue weighted by atomic mass is 35.5. The molecule has 21 heavy (non-hydrogen) atoms. The first-order valence-corrected chi connectivity index (χ1v) is 7.42. The van der Waals surface area contributed by atoms with Gasteiger partial charge in [-0.3, -0.25) is 4.79 Å². The number of halogens is 2. The van der Waals surface area contributed by atoms with Gasteiger partial charge in [-0.1, -0.05) is 41.4 Å². The summed E-state index contributed by atoms with van der Waals surface area (Å²) in [7, 11) is 0. The Morgan fingerprint density at radius 3 is 2.71 bits per heavy atom. The third-order valence-electron chi connectivity index (χ3n) is 3.59. The van der Waals surface area contributed by atoms with Crippen molar-refractivity contribution in [2.75, 3.05) is 11.4 Å². The lowest BCUT2D eigenvalue weighted by Gasteiger charge is -2.33. The molecule has 1 amide bonds. The number of amides is 1. The minimum absolute atomic E-state index is 0.0741. The maximum atomic E-state index is 12.8. The summed E-state index contributed by atoms with van der Waals surface area (Å²) < 4.78 is 0. The fourth-order valence-electron chi connectivity index (χ4n) is 2.63. The van der Waals surface area contributed by atoms with Crippen LogP contribution in [0, 0.1) is 0 Å². The van der Waals surface area contributed by atoms with Gasteiger partial charge in [-0.15, -0.1) is 0 Å². The second-order valence-electron chi connectivity index (χ2n) is 5.13. The Bertz CT molecular complexity index is 702. The summed E-state index contributed by atoms with van der Waals surface area (Å²) in [6.45, 7) is 0.481. The Labute approximate surface area is 133 Å². The molecule has 1 unspecified atom stereocenters. The predicted molar refractivity (Wildman–Crippen MR) is 86.3 cm³/mol. The summed E-state index contributed by atoms with van der Waals surface area (Å²) in [5, 5.41) is 0.858. The largest absolute Gasteiger partial charge is 0.326 e. The van der Waals surface area contributed by atoms with Crippen LogP contribution in [-0.4, -0.2) is 18.5 Å². The summed E-state index contributed by atoms with van der Waals surface area (Å²) >= 11 is 12.0. The zero-order valence-electron chi connectivity index (χ0n) is 11.2. The van der Waals surface area contributed by atoms with Crippen LogP contribution in [0.5, 0.6) is 0 Å². The Balaban J connectivity index is 2.02. The fourth-order valence-corrected chi connectivity index (χ4v) is 3.12. The minimum atomic E-state index is -0.153. The second-order valence-corrected chi connectivity index (χ2v) is 5.98. The molecular weight excluding hydrogens is 307 g/mol. The molecule has 1 aliphatic rings. The van der Waals surface area contributed by atoms with Crippen LogP contribution in [0.2, 0.25) is 10.0 Å². The highest BCUT2D eigenvalue weighted by Gasteiger charge is 2.28. The van der Waals surface area contributed by atoms with Crippen LogP contribution in [0.4, 0.5) is 5.69 Å². The van der Waals surface area contributed by atoms with Gasteiger partial charge in [-0.25, -0.2) is 0 Å². The summed E-state index contributed by atoms with van der Waals surface area (Å²) in [5.74, 6) is -0.153. The SMILES string of the molecule is NC1Cc2ccccc2N(C(=O)c2ccc(Cl)cc2Cl)C1. The van der Waals surface area contributed by atoms with Crippen LogP contribution in [0.3, 0.4) is 0 Å². The first kappa shape index (κ1) is 14.4. The molecule has 0 aliphatic carbocycles. The monoisotopic (exact) mass is 320 g/mol. The summed E-state index contributed by atoms with van der Waals surface area (Å²) in [6, 6.07) is 12.6. The highest BCUT2D eigenvalue weighted by Crippen LogP contribution is 2.30. The number of carbonyl (C=O) groups excluding carboxylic acids is 1. The fraction of sp³-hybridized carbons (Fsp3) is 0.188. The van der Waals surface area contributed by atoms with Crippen LogP contribution in [0.1, 0.15) is 15.9 Å². The average molecular weight is 321 g/mol. The van der Waals surface area contributed by atoms with Gasteiger partial charge in [0, 0.05) is 23.3 Å². The molecule has 0 radical (unpaired) electrons. The van der Waals surface area contributed by atoms with Crippen LogP contribution in [0.25, 0.3) is 0 Å². The molecular formula is C16H14Cl2N2O. The molecule has 2 N–H and O–H groups in total. The van der Waals surface area contributed by atoms with E-state index < -0.39 is 0 Å². The maximum Gasteiger partial charge on any atom is 0.259 e. The van der Waals surface area contributed by atoms with E-state index in [0.717, 1.165) is 17.7 Å². The number of para-hydroxylation sites is 1. The molecule has 1 heterocycles. The molecule has 3 rings (SSSR count). The van der Waals surface area contributed by atoms with Gasteiger partial charge < -0.3 is 10.6 Å². The smallest absolute Gasteiger partial charge is 0.259 e. The molecule has 0 aromatic heterocycles. The third-order valence-corrected chi connectivity index (χ3v) is 4.14. The molecule has 0 saturated heterocycles. The topological polar surface area (TPSA) is 46.3 Å². The van der Waals surface area contributed by atoms with E-state index in [9.17, 15) is 4.79 Å². The van der Waals surface area contributed by atoms with Gasteiger partial charge in [0.2, 0.25) is 0 Å². The molecule has 5 heteroatoms. The zero-order chi connectivity index (χ0) is 15.0. The second kappa shape index (κ2) is 5.68. The number of nitrogens with zero attached hydrogens (tertiary/aromatic N) is 1. The first-order valence-electron chi connectivity index (χ1n) is 6.66. The molecule has 1 atom stereocenters. The summed E-state index contributed by atoms with van der Waals surface area (Å²) in [6.07, 6.45) is 0.772. The van der Waals surface area contributed by atoms with Crippen LogP contribution in [-0.2, 0) is 6.42 Å². The van der Waals surface area contributed by atoms with Crippen LogP contribution >= 0.6 is 23.2 Å². The van der Waals surface area contributed by atoms with E-state index in [1.165, 1.54) is 0 Å². The van der Waals surface area contributed by atoms with Crippen LogP contribution < -0.4 is 10.6 Å². The van der Waals surface area contributed by atoms with E-state index in [1.807, 2.05) is 24.3 Å². The Morgan fingerprint density at radius 1 is 1.19 bits per heavy atom. The van der Waals surface area contributed by atoms with E-state index in [4.69, 9.17) is 28.9 Å². The van der Waals surface area contributed by atoms with E-state index >= 15 is 0 Å². The van der Waals surface area contributed by atoms with Crippen LogP contribution in [0.15, 0.2) is 42.5 Å². The molecule has 1 aliphatic heterocycles. The number of anilines is 1. The first-order chi connectivity index (χ1) is 10.1. The quantitative estimate of drug-likeness (QED) is 0.873. The predicted octanol–water partition coefficient (Wildman–Crippen LogP) is 3.52. The van der Waals surface area contributed by atoms with Gasteiger partial charge in [-0.2, -0.15) is 0 Å². The van der Waals surface area contributed by atoms with E-state index in [-0.39, 0.29) is 11.9 Å². The highest BCUT2D eigenvalue weighted by molar-refractivity contribution is 6.37. The van der Waals surface area contributed by atoms with Crippen molar-refractivity contribution in [1.29, 1.82) is 0 Å². The molecule has 2 aromatic carbocycles. The van der Waals surface area contributed by atoms with Crippen molar-refractivity contribution in [3.8, 4) is 0 Å². The van der Waals surface area contributed by atoms with Crippen molar-refractivity contribution in [3.05, 3.63) is 63.6 Å². The van der Waals surface area contributed by atoms with Crippen molar-refractivity contribution in [2.45, 2.75) is 12.5 Å². The molecule has 108 valence electrons. The number of rotatable bonds is 1. The van der Waals surface area contributed by atoms with E-state index in [0.29, 0.717) is 22.2 Å². The number of carbonyl (C=O) groups is 1. The normalized spacial score (nSPS) is 17.5. The summed E-state index contributed by atoms with van der Waals surface area (Å²) in [4.78, 5) is 14.5. The Kier molecular flexibility index (Phi) is 3.89. The molecule has 2 aromatic rings. The van der Waals surface area contributed by atoms with E-state index in [1.54, 1.807) is 23.1 Å². The van der Waals surface area contributed by atoms with Crippen molar-refractivity contribution >= 4 is 34.8 Å². The molecule has 0 bridgehead atoms. The van der Waals surface area contributed by atoms with Crippen molar-refractivity contribution in [2.24, 2.45) is 5.73 Å². The summed E-state index contributed by atoms with van der Waals surface area (Å²) in [5.41, 5.74) is 8.48. The Morgan fingerprint density at radius 2 is 1.95 bits per heavy atom. The number of hydrogen-bond donors (Lipinski definition) is 1. The Hall–Kier alpha value is -1.55. The maximum absolute atomic E-state index is 12.8. The van der Waals surface area contributed by atoms with E-state index in [2.05, 4.69) is 0 Å². The van der Waals surface area contributed by atoms with Crippen molar-refractivity contribution < 1.29 is 4.79 Å². The zero-order valence-corrected chi connectivity index (χ0v) is 12.7. The standard InChI is InChI=1S/C16H14Cl2N2O/c17-11-5-6-13(14(18)8-11)16(21)20-9-12(19)7-10-3-1-2-4-15(10)20/h1-6,8,12H,7,9,19H2. The molecule has 3 nitrogen and oxygen atoms in total. The third kappa shape index (κ3) is 2.77. The van der Waals surface area contributed by atoms with Gasteiger partial charge in [-0.05, 0) is 36.2 Å². The number of nitrogens with two attached hydrogens (primary N) is 1. The number of benzene rings is 2. The minimum Gasteiger partial charge on any atom is -0.326 e.